The van der Waals surface area contributed by atoms with E-state index in [4.69, 9.17) is 5.73 Å². The van der Waals surface area contributed by atoms with Gasteiger partial charge < -0.3 is 16.0 Å². The van der Waals surface area contributed by atoms with Crippen molar-refractivity contribution in [1.29, 1.82) is 0 Å². The SMILES string of the molecule is CC.CCNC(=O)c1ccccc1N.CN1Cc2ccccc2C1=O. The molecule has 5 nitrogen and oxygen atoms in total. The Kier molecular flexibility index (Phi) is 8.19. The van der Waals surface area contributed by atoms with Crippen LogP contribution >= 0.6 is 0 Å². The van der Waals surface area contributed by atoms with Crippen LogP contribution in [0.2, 0.25) is 0 Å². The van der Waals surface area contributed by atoms with Crippen molar-refractivity contribution in [3.05, 3.63) is 65.2 Å². The predicted molar refractivity (Wildman–Crippen MR) is 102 cm³/mol. The average Bonchev–Trinajstić information content (AvgIpc) is 2.92. The molecule has 0 fully saturated rings. The normalized spacial score (nSPS) is 11.5. The van der Waals surface area contributed by atoms with Crippen molar-refractivity contribution in [1.82, 2.24) is 10.2 Å². The zero-order valence-electron chi connectivity index (χ0n) is 15.4. The minimum atomic E-state index is -0.115. The summed E-state index contributed by atoms with van der Waals surface area (Å²) in [4.78, 5) is 24.3. The van der Waals surface area contributed by atoms with Gasteiger partial charge in [-0.1, -0.05) is 44.2 Å². The Bertz CT molecular complexity index is 714. The molecule has 0 saturated heterocycles. The lowest BCUT2D eigenvalue weighted by molar-refractivity contribution is 0.0816. The molecule has 1 heterocycles. The van der Waals surface area contributed by atoms with Gasteiger partial charge in [0.25, 0.3) is 11.8 Å². The van der Waals surface area contributed by atoms with Gasteiger partial charge in [0, 0.05) is 31.4 Å². The molecular formula is C20H27N3O2. The van der Waals surface area contributed by atoms with Crippen LogP contribution in [0, 0.1) is 0 Å². The summed E-state index contributed by atoms with van der Waals surface area (Å²) < 4.78 is 0. The van der Waals surface area contributed by atoms with Crippen LogP contribution in [-0.2, 0) is 6.54 Å². The highest BCUT2D eigenvalue weighted by Crippen LogP contribution is 2.19. The number of nitrogens with two attached hydrogens (primary N) is 1. The summed E-state index contributed by atoms with van der Waals surface area (Å²) in [6, 6.07) is 14.8. The summed E-state index contributed by atoms with van der Waals surface area (Å²) in [6.07, 6.45) is 0. The maximum absolute atomic E-state index is 11.3. The molecule has 0 aromatic heterocycles. The van der Waals surface area contributed by atoms with E-state index in [1.807, 2.05) is 52.1 Å². The number of nitrogens with one attached hydrogen (secondary N) is 1. The Morgan fingerprint density at radius 1 is 1.12 bits per heavy atom. The van der Waals surface area contributed by atoms with Crippen LogP contribution in [0.5, 0.6) is 0 Å². The molecule has 0 aliphatic carbocycles. The summed E-state index contributed by atoms with van der Waals surface area (Å²) >= 11 is 0. The van der Waals surface area contributed by atoms with Gasteiger partial charge in [0.2, 0.25) is 0 Å². The van der Waals surface area contributed by atoms with E-state index in [-0.39, 0.29) is 11.8 Å². The second-order valence-electron chi connectivity index (χ2n) is 5.27. The number of fused-ring (bicyclic) bond motifs is 1. The van der Waals surface area contributed by atoms with Crippen LogP contribution in [0.25, 0.3) is 0 Å². The molecule has 0 atom stereocenters. The molecule has 0 radical (unpaired) electrons. The van der Waals surface area contributed by atoms with Crippen molar-refractivity contribution >= 4 is 17.5 Å². The van der Waals surface area contributed by atoms with Crippen LogP contribution in [0.1, 0.15) is 47.1 Å². The van der Waals surface area contributed by atoms with Gasteiger partial charge >= 0.3 is 0 Å². The molecule has 1 aliphatic heterocycles. The fourth-order valence-electron chi connectivity index (χ4n) is 2.36. The largest absolute Gasteiger partial charge is 0.398 e. The Labute approximate surface area is 149 Å². The molecule has 2 amide bonds. The molecule has 0 spiro atoms. The smallest absolute Gasteiger partial charge is 0.254 e. The van der Waals surface area contributed by atoms with Gasteiger partial charge in [0.05, 0.1) is 5.56 Å². The summed E-state index contributed by atoms with van der Waals surface area (Å²) in [5.74, 6) is 0.0243. The first-order valence-electron chi connectivity index (χ1n) is 8.50. The summed E-state index contributed by atoms with van der Waals surface area (Å²) in [7, 11) is 1.82. The fraction of sp³-hybridized carbons (Fsp3) is 0.300. The quantitative estimate of drug-likeness (QED) is 0.823. The van der Waals surface area contributed by atoms with Crippen LogP contribution in [0.15, 0.2) is 48.5 Å². The van der Waals surface area contributed by atoms with Crippen LogP contribution in [0.4, 0.5) is 5.69 Å². The minimum Gasteiger partial charge on any atom is -0.398 e. The number of carbonyl (C=O) groups is 2. The monoisotopic (exact) mass is 341 g/mol. The number of nitrogen functional groups attached to an aromatic ring is 1. The van der Waals surface area contributed by atoms with E-state index in [9.17, 15) is 9.59 Å². The lowest BCUT2D eigenvalue weighted by atomic mass is 10.1. The Morgan fingerprint density at radius 2 is 1.72 bits per heavy atom. The molecule has 2 aromatic rings. The van der Waals surface area contributed by atoms with Gasteiger partial charge in [-0.15, -0.1) is 0 Å². The third-order valence-electron chi connectivity index (χ3n) is 3.54. The van der Waals surface area contributed by atoms with Crippen LogP contribution < -0.4 is 11.1 Å². The van der Waals surface area contributed by atoms with Gasteiger partial charge in [0.1, 0.15) is 0 Å². The van der Waals surface area contributed by atoms with Gasteiger partial charge in [-0.25, -0.2) is 0 Å². The number of hydrogen-bond donors (Lipinski definition) is 2. The van der Waals surface area contributed by atoms with E-state index in [2.05, 4.69) is 5.32 Å². The molecule has 2 aromatic carbocycles. The number of hydrogen-bond acceptors (Lipinski definition) is 3. The predicted octanol–water partition coefficient (Wildman–Crippen LogP) is 3.32. The van der Waals surface area contributed by atoms with Gasteiger partial charge in [-0.3, -0.25) is 9.59 Å². The summed E-state index contributed by atoms with van der Waals surface area (Å²) in [5, 5.41) is 2.68. The highest BCUT2D eigenvalue weighted by atomic mass is 16.2. The summed E-state index contributed by atoms with van der Waals surface area (Å²) in [6.45, 7) is 7.25. The fourth-order valence-corrected chi connectivity index (χ4v) is 2.36. The van der Waals surface area contributed by atoms with E-state index in [0.717, 1.165) is 17.7 Å². The molecule has 3 rings (SSSR count). The first-order chi connectivity index (χ1) is 12.0. The van der Waals surface area contributed by atoms with Crippen molar-refractivity contribution in [3.8, 4) is 0 Å². The third-order valence-corrected chi connectivity index (χ3v) is 3.54. The van der Waals surface area contributed by atoms with Crippen LogP contribution in [0.3, 0.4) is 0 Å². The van der Waals surface area contributed by atoms with E-state index >= 15 is 0 Å². The number of nitrogens with zero attached hydrogens (tertiary/aromatic N) is 1. The first kappa shape index (κ1) is 20.2. The number of benzene rings is 2. The van der Waals surface area contributed by atoms with Crippen molar-refractivity contribution in [2.75, 3.05) is 19.3 Å². The third kappa shape index (κ3) is 5.35. The lowest BCUT2D eigenvalue weighted by Gasteiger charge is -2.04. The van der Waals surface area contributed by atoms with E-state index in [1.165, 1.54) is 0 Å². The Hall–Kier alpha value is -2.82. The highest BCUT2D eigenvalue weighted by Gasteiger charge is 2.22. The molecule has 0 saturated carbocycles. The van der Waals surface area contributed by atoms with E-state index < -0.39 is 0 Å². The molecule has 25 heavy (non-hydrogen) atoms. The number of rotatable bonds is 2. The number of carbonyl (C=O) groups excluding carboxylic acids is 2. The zero-order valence-corrected chi connectivity index (χ0v) is 15.4. The second-order valence-corrected chi connectivity index (χ2v) is 5.27. The van der Waals surface area contributed by atoms with E-state index in [0.29, 0.717) is 17.8 Å². The maximum atomic E-state index is 11.3. The number of amides is 2. The van der Waals surface area contributed by atoms with E-state index in [1.54, 1.807) is 29.2 Å². The van der Waals surface area contributed by atoms with Crippen molar-refractivity contribution in [3.63, 3.8) is 0 Å². The van der Waals surface area contributed by atoms with Gasteiger partial charge in [-0.2, -0.15) is 0 Å². The highest BCUT2D eigenvalue weighted by molar-refractivity contribution is 5.99. The maximum Gasteiger partial charge on any atom is 0.254 e. The lowest BCUT2D eigenvalue weighted by Crippen LogP contribution is -2.23. The van der Waals surface area contributed by atoms with Crippen molar-refractivity contribution in [2.45, 2.75) is 27.3 Å². The minimum absolute atomic E-state index is 0.115. The molecule has 1 aliphatic rings. The molecule has 134 valence electrons. The molecule has 3 N–H and O–H groups in total. The molecule has 5 heteroatoms. The molecule has 0 unspecified atom stereocenters. The second kappa shape index (κ2) is 10.1. The zero-order chi connectivity index (χ0) is 18.8. The number of para-hydroxylation sites is 1. The molecular weight excluding hydrogens is 314 g/mol. The topological polar surface area (TPSA) is 75.4 Å². The molecule has 0 bridgehead atoms. The standard InChI is InChI=1S/C9H12N2O.C9H9NO.C2H6/c1-2-11-9(12)7-5-3-4-6-8(7)10;1-10-6-7-4-2-3-5-8(7)9(10)11;1-2/h3-6H,2,10H2,1H3,(H,11,12);2-5H,6H2,1H3;1-2H3. The van der Waals surface area contributed by atoms with Gasteiger partial charge in [-0.05, 0) is 30.7 Å². The number of anilines is 1. The van der Waals surface area contributed by atoms with Crippen molar-refractivity contribution in [2.24, 2.45) is 0 Å². The van der Waals surface area contributed by atoms with Gasteiger partial charge in [0.15, 0.2) is 0 Å². The van der Waals surface area contributed by atoms with Crippen molar-refractivity contribution < 1.29 is 9.59 Å². The summed E-state index contributed by atoms with van der Waals surface area (Å²) in [5.41, 5.74) is 8.64. The first-order valence-corrected chi connectivity index (χ1v) is 8.50. The Balaban J connectivity index is 0.000000228. The Morgan fingerprint density at radius 3 is 2.32 bits per heavy atom. The average molecular weight is 341 g/mol. The van der Waals surface area contributed by atoms with Crippen LogP contribution in [-0.4, -0.2) is 30.3 Å².